The van der Waals surface area contributed by atoms with Crippen LogP contribution in [0, 0.1) is 5.92 Å². The zero-order valence-corrected chi connectivity index (χ0v) is 14.7. The molecule has 23 heavy (non-hydrogen) atoms. The summed E-state index contributed by atoms with van der Waals surface area (Å²) in [6.07, 6.45) is 0.681. The number of carbonyl (C=O) groups excluding carboxylic acids is 2. The van der Waals surface area contributed by atoms with Gasteiger partial charge in [0.25, 0.3) is 5.91 Å². The first-order valence-electron chi connectivity index (χ1n) is 7.41. The first-order chi connectivity index (χ1) is 10.8. The number of hydrogen-bond donors (Lipinski definition) is 3. The minimum Gasteiger partial charge on any atom is -0.480 e. The van der Waals surface area contributed by atoms with Gasteiger partial charge in [0.15, 0.2) is 0 Å². The molecule has 0 saturated carbocycles. The molecular weight excluding hydrogens is 364 g/mol. The largest absolute Gasteiger partial charge is 0.480 e. The van der Waals surface area contributed by atoms with Crippen molar-refractivity contribution in [3.05, 3.63) is 34.3 Å². The normalized spacial score (nSPS) is 13.0. The van der Waals surface area contributed by atoms with Gasteiger partial charge in [0.2, 0.25) is 5.91 Å². The maximum atomic E-state index is 11.9. The van der Waals surface area contributed by atoms with Gasteiger partial charge < -0.3 is 15.7 Å². The SMILES string of the molecule is CCC(C)C(NC(=O)CCNC(=O)c1ccc(Br)cc1)C(=O)O. The summed E-state index contributed by atoms with van der Waals surface area (Å²) in [4.78, 5) is 34.8. The van der Waals surface area contributed by atoms with Crippen LogP contribution in [0.2, 0.25) is 0 Å². The van der Waals surface area contributed by atoms with E-state index in [4.69, 9.17) is 5.11 Å². The maximum absolute atomic E-state index is 11.9. The molecule has 0 aliphatic carbocycles. The van der Waals surface area contributed by atoms with Crippen molar-refractivity contribution in [1.29, 1.82) is 0 Å². The van der Waals surface area contributed by atoms with Gasteiger partial charge in [-0.15, -0.1) is 0 Å². The van der Waals surface area contributed by atoms with Crippen LogP contribution in [0.1, 0.15) is 37.0 Å². The third-order valence-electron chi connectivity index (χ3n) is 3.54. The molecule has 0 radical (unpaired) electrons. The van der Waals surface area contributed by atoms with Crippen LogP contribution in [0.15, 0.2) is 28.7 Å². The minimum absolute atomic E-state index is 0.0302. The second-order valence-electron chi connectivity index (χ2n) is 5.28. The van der Waals surface area contributed by atoms with Gasteiger partial charge in [-0.25, -0.2) is 4.79 Å². The van der Waals surface area contributed by atoms with Crippen LogP contribution < -0.4 is 10.6 Å². The predicted molar refractivity (Wildman–Crippen MR) is 90.1 cm³/mol. The molecule has 1 rings (SSSR count). The van der Waals surface area contributed by atoms with E-state index in [-0.39, 0.29) is 24.8 Å². The molecule has 2 unspecified atom stereocenters. The highest BCUT2D eigenvalue weighted by Crippen LogP contribution is 2.10. The van der Waals surface area contributed by atoms with E-state index in [1.54, 1.807) is 31.2 Å². The Morgan fingerprint density at radius 1 is 1.22 bits per heavy atom. The molecule has 0 aliphatic heterocycles. The molecule has 1 aromatic rings. The van der Waals surface area contributed by atoms with Crippen LogP contribution in [0.25, 0.3) is 0 Å². The van der Waals surface area contributed by atoms with E-state index < -0.39 is 17.9 Å². The van der Waals surface area contributed by atoms with Gasteiger partial charge in [0.05, 0.1) is 0 Å². The Morgan fingerprint density at radius 2 is 1.83 bits per heavy atom. The van der Waals surface area contributed by atoms with Crippen molar-refractivity contribution in [3.8, 4) is 0 Å². The smallest absolute Gasteiger partial charge is 0.326 e. The van der Waals surface area contributed by atoms with Crippen LogP contribution in [0.5, 0.6) is 0 Å². The average Bonchev–Trinajstić information content (AvgIpc) is 2.52. The topological polar surface area (TPSA) is 95.5 Å². The molecule has 6 nitrogen and oxygen atoms in total. The van der Waals surface area contributed by atoms with Crippen LogP contribution >= 0.6 is 15.9 Å². The molecule has 7 heteroatoms. The van der Waals surface area contributed by atoms with E-state index in [1.165, 1.54) is 0 Å². The van der Waals surface area contributed by atoms with Gasteiger partial charge in [-0.1, -0.05) is 36.2 Å². The maximum Gasteiger partial charge on any atom is 0.326 e. The summed E-state index contributed by atoms with van der Waals surface area (Å²) in [6, 6.07) is 5.94. The molecule has 3 N–H and O–H groups in total. The molecule has 0 saturated heterocycles. The Morgan fingerprint density at radius 3 is 2.35 bits per heavy atom. The van der Waals surface area contributed by atoms with E-state index >= 15 is 0 Å². The van der Waals surface area contributed by atoms with E-state index in [9.17, 15) is 14.4 Å². The van der Waals surface area contributed by atoms with Crippen LogP contribution in [-0.4, -0.2) is 35.5 Å². The Hall–Kier alpha value is -1.89. The lowest BCUT2D eigenvalue weighted by Gasteiger charge is -2.20. The number of halogens is 1. The van der Waals surface area contributed by atoms with Gasteiger partial charge >= 0.3 is 5.97 Å². The van der Waals surface area contributed by atoms with Crippen molar-refractivity contribution < 1.29 is 19.5 Å². The van der Waals surface area contributed by atoms with Gasteiger partial charge in [0, 0.05) is 23.0 Å². The zero-order chi connectivity index (χ0) is 17.4. The second kappa shape index (κ2) is 9.29. The third-order valence-corrected chi connectivity index (χ3v) is 4.07. The van der Waals surface area contributed by atoms with Crippen LogP contribution in [0.4, 0.5) is 0 Å². The lowest BCUT2D eigenvalue weighted by Crippen LogP contribution is -2.45. The summed E-state index contributed by atoms with van der Waals surface area (Å²) in [5.74, 6) is -1.88. The lowest BCUT2D eigenvalue weighted by molar-refractivity contribution is -0.143. The first kappa shape index (κ1) is 19.2. The van der Waals surface area contributed by atoms with E-state index in [2.05, 4.69) is 26.6 Å². The summed E-state index contributed by atoms with van der Waals surface area (Å²) in [6.45, 7) is 3.78. The summed E-state index contributed by atoms with van der Waals surface area (Å²) < 4.78 is 0.873. The molecule has 0 spiro atoms. The molecule has 2 atom stereocenters. The number of carboxylic acids is 1. The second-order valence-corrected chi connectivity index (χ2v) is 6.20. The number of benzene rings is 1. The predicted octanol–water partition coefficient (Wildman–Crippen LogP) is 2.18. The summed E-state index contributed by atoms with van der Waals surface area (Å²) in [7, 11) is 0. The number of aliphatic carboxylic acids is 1. The quantitative estimate of drug-likeness (QED) is 0.639. The fraction of sp³-hybridized carbons (Fsp3) is 0.438. The Labute approximate surface area is 143 Å². The monoisotopic (exact) mass is 384 g/mol. The van der Waals surface area contributed by atoms with Gasteiger partial charge in [0.1, 0.15) is 6.04 Å². The van der Waals surface area contributed by atoms with Crippen LogP contribution in [0.3, 0.4) is 0 Å². The lowest BCUT2D eigenvalue weighted by atomic mass is 9.99. The fourth-order valence-electron chi connectivity index (χ4n) is 1.92. The number of amides is 2. The first-order valence-corrected chi connectivity index (χ1v) is 8.20. The summed E-state index contributed by atoms with van der Waals surface area (Å²) in [5, 5.41) is 14.2. The molecule has 0 fully saturated rings. The Kier molecular flexibility index (Phi) is 7.74. The highest BCUT2D eigenvalue weighted by Gasteiger charge is 2.24. The number of carbonyl (C=O) groups is 3. The highest BCUT2D eigenvalue weighted by molar-refractivity contribution is 9.10. The van der Waals surface area contributed by atoms with Crippen molar-refractivity contribution in [3.63, 3.8) is 0 Å². The molecule has 1 aromatic carbocycles. The van der Waals surface area contributed by atoms with Gasteiger partial charge in [-0.05, 0) is 30.2 Å². The molecule has 2 amide bonds. The van der Waals surface area contributed by atoms with Crippen molar-refractivity contribution in [2.45, 2.75) is 32.7 Å². The number of carboxylic acid groups (broad SMARTS) is 1. The average molecular weight is 385 g/mol. The van der Waals surface area contributed by atoms with E-state index in [0.29, 0.717) is 12.0 Å². The zero-order valence-electron chi connectivity index (χ0n) is 13.1. The molecule has 0 bridgehead atoms. The van der Waals surface area contributed by atoms with E-state index in [1.807, 2.05) is 6.92 Å². The van der Waals surface area contributed by atoms with Crippen molar-refractivity contribution in [1.82, 2.24) is 10.6 Å². The fourth-order valence-corrected chi connectivity index (χ4v) is 2.19. The molecular formula is C16H21BrN2O4. The summed E-state index contributed by atoms with van der Waals surface area (Å²) >= 11 is 3.29. The van der Waals surface area contributed by atoms with Gasteiger partial charge in [-0.3, -0.25) is 9.59 Å². The van der Waals surface area contributed by atoms with Gasteiger partial charge in [-0.2, -0.15) is 0 Å². The minimum atomic E-state index is -1.05. The van der Waals surface area contributed by atoms with Crippen LogP contribution in [-0.2, 0) is 9.59 Å². The third kappa shape index (κ3) is 6.40. The van der Waals surface area contributed by atoms with Crippen molar-refractivity contribution in [2.75, 3.05) is 6.54 Å². The number of nitrogens with one attached hydrogen (secondary N) is 2. The van der Waals surface area contributed by atoms with Crippen molar-refractivity contribution >= 4 is 33.7 Å². The summed E-state index contributed by atoms with van der Waals surface area (Å²) in [5.41, 5.74) is 0.497. The number of rotatable bonds is 8. The Balaban J connectivity index is 2.42. The molecule has 0 aromatic heterocycles. The highest BCUT2D eigenvalue weighted by atomic mass is 79.9. The van der Waals surface area contributed by atoms with E-state index in [0.717, 1.165) is 4.47 Å². The molecule has 0 heterocycles. The molecule has 126 valence electrons. The molecule has 0 aliphatic rings. The standard InChI is InChI=1S/C16H21BrN2O4/c1-3-10(2)14(16(22)23)19-13(20)8-9-18-15(21)11-4-6-12(17)7-5-11/h4-7,10,14H,3,8-9H2,1-2H3,(H,18,21)(H,19,20)(H,22,23). The number of hydrogen-bond acceptors (Lipinski definition) is 3. The Bertz CT molecular complexity index is 560. The van der Waals surface area contributed by atoms with Crippen molar-refractivity contribution in [2.24, 2.45) is 5.92 Å².